The Morgan fingerprint density at radius 3 is 2.60 bits per heavy atom. The third-order valence-corrected chi connectivity index (χ3v) is 4.10. The molecule has 0 aliphatic carbocycles. The molecule has 0 radical (unpaired) electrons. The van der Waals surface area contributed by atoms with Crippen LogP contribution in [-0.4, -0.2) is 37.1 Å². The highest BCUT2D eigenvalue weighted by Crippen LogP contribution is 2.11. The van der Waals surface area contributed by atoms with E-state index in [2.05, 4.69) is 14.4 Å². The first-order valence-corrected chi connectivity index (χ1v) is 7.90. The van der Waals surface area contributed by atoms with Crippen LogP contribution in [0.3, 0.4) is 0 Å². The van der Waals surface area contributed by atoms with Crippen LogP contribution in [0.15, 0.2) is 17.6 Å². The molecular formula is C12H21N3O4S. The lowest BCUT2D eigenvalue weighted by Gasteiger charge is -2.17. The average Bonchev–Trinajstić information content (AvgIpc) is 2.85. The van der Waals surface area contributed by atoms with E-state index in [0.717, 1.165) is 0 Å². The van der Waals surface area contributed by atoms with Crippen LogP contribution in [0.2, 0.25) is 0 Å². The Morgan fingerprint density at radius 1 is 1.50 bits per heavy atom. The molecule has 0 saturated carbocycles. The van der Waals surface area contributed by atoms with E-state index < -0.39 is 22.0 Å². The highest BCUT2D eigenvalue weighted by molar-refractivity contribution is 7.89. The van der Waals surface area contributed by atoms with Crippen molar-refractivity contribution in [3.05, 3.63) is 12.5 Å². The summed E-state index contributed by atoms with van der Waals surface area (Å²) < 4.78 is 33.0. The summed E-state index contributed by atoms with van der Waals surface area (Å²) in [6.45, 7) is 6.29. The number of carbonyl (C=O) groups excluding carboxylic acids is 1. The van der Waals surface area contributed by atoms with Crippen LogP contribution >= 0.6 is 0 Å². The number of methoxy groups -OCH3 is 1. The van der Waals surface area contributed by atoms with Crippen molar-refractivity contribution in [3.63, 3.8) is 0 Å². The Bertz CT molecular complexity index is 551. The smallest absolute Gasteiger partial charge is 0.323 e. The fourth-order valence-electron chi connectivity index (χ4n) is 1.71. The Labute approximate surface area is 119 Å². The molecule has 114 valence electrons. The number of hydrogen-bond acceptors (Lipinski definition) is 5. The topological polar surface area (TPSA) is 90.3 Å². The van der Waals surface area contributed by atoms with Crippen LogP contribution in [0.1, 0.15) is 27.2 Å². The van der Waals surface area contributed by atoms with Gasteiger partial charge in [0, 0.05) is 12.7 Å². The molecular weight excluding hydrogens is 282 g/mol. The fourth-order valence-corrected chi connectivity index (χ4v) is 2.85. The molecule has 0 aliphatic heterocycles. The zero-order chi connectivity index (χ0) is 15.3. The molecule has 7 nitrogen and oxygen atoms in total. The molecule has 8 heteroatoms. The minimum atomic E-state index is -3.83. The second kappa shape index (κ2) is 6.85. The monoisotopic (exact) mass is 303 g/mol. The van der Waals surface area contributed by atoms with Crippen molar-refractivity contribution < 1.29 is 17.9 Å². The van der Waals surface area contributed by atoms with E-state index in [1.807, 2.05) is 20.8 Å². The van der Waals surface area contributed by atoms with Crippen molar-refractivity contribution in [1.29, 1.82) is 0 Å². The zero-order valence-corrected chi connectivity index (χ0v) is 13.0. The van der Waals surface area contributed by atoms with Crippen molar-refractivity contribution in [2.75, 3.05) is 7.11 Å². The van der Waals surface area contributed by atoms with Gasteiger partial charge < -0.3 is 9.30 Å². The molecule has 0 amide bonds. The van der Waals surface area contributed by atoms with Crippen LogP contribution < -0.4 is 4.72 Å². The molecule has 1 heterocycles. The highest BCUT2D eigenvalue weighted by atomic mass is 32.2. The third-order valence-electron chi connectivity index (χ3n) is 2.74. The summed E-state index contributed by atoms with van der Waals surface area (Å²) in [5, 5.41) is -0.1000. The van der Waals surface area contributed by atoms with Gasteiger partial charge in [-0.25, -0.2) is 13.4 Å². The minimum absolute atomic E-state index is 0.1000. The molecule has 0 bridgehead atoms. The number of sulfonamides is 1. The van der Waals surface area contributed by atoms with Gasteiger partial charge in [0.2, 0.25) is 0 Å². The molecule has 1 aromatic rings. The second-order valence-corrected chi connectivity index (χ2v) is 6.53. The largest absolute Gasteiger partial charge is 0.468 e. The second-order valence-electron chi connectivity index (χ2n) is 4.87. The van der Waals surface area contributed by atoms with Gasteiger partial charge in [-0.1, -0.05) is 13.8 Å². The number of nitrogens with one attached hydrogen (secondary N) is 1. The fraction of sp³-hybridized carbons (Fsp3) is 0.667. The van der Waals surface area contributed by atoms with E-state index in [0.29, 0.717) is 13.0 Å². The Hall–Kier alpha value is -1.41. The summed E-state index contributed by atoms with van der Waals surface area (Å²) in [5.74, 6) is -0.452. The molecule has 0 aromatic carbocycles. The summed E-state index contributed by atoms with van der Waals surface area (Å²) >= 11 is 0. The third kappa shape index (κ3) is 4.31. The molecule has 0 aliphatic rings. The molecule has 1 N–H and O–H groups in total. The summed E-state index contributed by atoms with van der Waals surface area (Å²) in [4.78, 5) is 15.5. The lowest BCUT2D eigenvalue weighted by molar-refractivity contribution is -0.143. The highest BCUT2D eigenvalue weighted by Gasteiger charge is 2.28. The molecule has 1 aromatic heterocycles. The first-order chi connectivity index (χ1) is 9.30. The van der Waals surface area contributed by atoms with Gasteiger partial charge in [0.15, 0.2) is 5.03 Å². The predicted molar refractivity (Wildman–Crippen MR) is 73.5 cm³/mol. The average molecular weight is 303 g/mol. The Balaban J connectivity index is 2.93. The SMILES string of the molecule is CCn1cnc(S(=O)(=O)NC(CC(C)C)C(=O)OC)c1. The summed E-state index contributed by atoms with van der Waals surface area (Å²) in [5.41, 5.74) is 0. The maximum absolute atomic E-state index is 12.2. The van der Waals surface area contributed by atoms with E-state index in [1.54, 1.807) is 4.57 Å². The van der Waals surface area contributed by atoms with Crippen molar-refractivity contribution in [2.45, 2.75) is 44.8 Å². The number of hydrogen-bond donors (Lipinski definition) is 1. The van der Waals surface area contributed by atoms with E-state index in [4.69, 9.17) is 0 Å². The van der Waals surface area contributed by atoms with Crippen molar-refractivity contribution in [2.24, 2.45) is 5.92 Å². The van der Waals surface area contributed by atoms with E-state index in [-0.39, 0.29) is 10.9 Å². The quantitative estimate of drug-likeness (QED) is 0.751. The molecule has 1 atom stereocenters. The predicted octanol–water partition coefficient (Wildman–Crippen LogP) is 0.769. The summed E-state index contributed by atoms with van der Waals surface area (Å²) in [6.07, 6.45) is 3.22. The zero-order valence-electron chi connectivity index (χ0n) is 12.2. The number of carbonyl (C=O) groups is 1. The van der Waals surface area contributed by atoms with Gasteiger partial charge in [-0.05, 0) is 19.3 Å². The van der Waals surface area contributed by atoms with Gasteiger partial charge in [-0.15, -0.1) is 0 Å². The van der Waals surface area contributed by atoms with Crippen LogP contribution in [0, 0.1) is 5.92 Å². The number of ether oxygens (including phenoxy) is 1. The van der Waals surface area contributed by atoms with Gasteiger partial charge in [-0.3, -0.25) is 4.79 Å². The van der Waals surface area contributed by atoms with E-state index in [1.165, 1.54) is 19.6 Å². The maximum Gasteiger partial charge on any atom is 0.323 e. The van der Waals surface area contributed by atoms with Gasteiger partial charge in [0.05, 0.1) is 13.4 Å². The normalized spacial score (nSPS) is 13.4. The van der Waals surface area contributed by atoms with Crippen molar-refractivity contribution in [1.82, 2.24) is 14.3 Å². The molecule has 20 heavy (non-hydrogen) atoms. The standard InChI is InChI=1S/C12H21N3O4S/c1-5-15-7-11(13-8-15)20(17,18)14-10(6-9(2)3)12(16)19-4/h7-10,14H,5-6H2,1-4H3. The molecule has 0 fully saturated rings. The molecule has 0 saturated heterocycles. The first-order valence-electron chi connectivity index (χ1n) is 6.42. The van der Waals surface area contributed by atoms with Gasteiger partial charge in [0.1, 0.15) is 6.04 Å². The number of aryl methyl sites for hydroxylation is 1. The van der Waals surface area contributed by atoms with Gasteiger partial charge >= 0.3 is 5.97 Å². The summed E-state index contributed by atoms with van der Waals surface area (Å²) in [6, 6.07) is -0.906. The number of imidazole rings is 1. The van der Waals surface area contributed by atoms with Crippen LogP contribution in [0.25, 0.3) is 0 Å². The van der Waals surface area contributed by atoms with Gasteiger partial charge in [-0.2, -0.15) is 4.72 Å². The molecule has 1 rings (SSSR count). The first kappa shape index (κ1) is 16.6. The van der Waals surface area contributed by atoms with Crippen LogP contribution in [-0.2, 0) is 26.1 Å². The van der Waals surface area contributed by atoms with E-state index >= 15 is 0 Å². The number of nitrogens with zero attached hydrogens (tertiary/aromatic N) is 2. The number of esters is 1. The lowest BCUT2D eigenvalue weighted by Crippen LogP contribution is -2.42. The van der Waals surface area contributed by atoms with Crippen LogP contribution in [0.4, 0.5) is 0 Å². The molecule has 1 unspecified atom stereocenters. The Morgan fingerprint density at radius 2 is 2.15 bits per heavy atom. The van der Waals surface area contributed by atoms with E-state index in [9.17, 15) is 13.2 Å². The van der Waals surface area contributed by atoms with Crippen molar-refractivity contribution in [3.8, 4) is 0 Å². The number of aromatic nitrogens is 2. The number of rotatable bonds is 7. The minimum Gasteiger partial charge on any atom is -0.468 e. The Kier molecular flexibility index (Phi) is 5.70. The van der Waals surface area contributed by atoms with Crippen molar-refractivity contribution >= 4 is 16.0 Å². The maximum atomic E-state index is 12.2. The lowest BCUT2D eigenvalue weighted by atomic mass is 10.1. The summed E-state index contributed by atoms with van der Waals surface area (Å²) in [7, 11) is -2.60. The van der Waals surface area contributed by atoms with Gasteiger partial charge in [0.25, 0.3) is 10.0 Å². The molecule has 0 spiro atoms. The van der Waals surface area contributed by atoms with Crippen LogP contribution in [0.5, 0.6) is 0 Å².